The summed E-state index contributed by atoms with van der Waals surface area (Å²) in [6.45, 7) is 1.36. The van der Waals surface area contributed by atoms with Crippen LogP contribution in [0.3, 0.4) is 0 Å². The van der Waals surface area contributed by atoms with Crippen molar-refractivity contribution in [3.05, 3.63) is 47.3 Å². The normalized spacial score (nSPS) is 11.5. The third-order valence-corrected chi connectivity index (χ3v) is 6.42. The summed E-state index contributed by atoms with van der Waals surface area (Å²) in [5, 5.41) is 1.65. The number of carbonyl (C=O) groups excluding carboxylic acids is 2. The van der Waals surface area contributed by atoms with Crippen molar-refractivity contribution in [3.63, 3.8) is 0 Å². The van der Waals surface area contributed by atoms with Crippen LogP contribution in [0.2, 0.25) is 0 Å². The first-order chi connectivity index (χ1) is 11.3. The molecule has 0 spiro atoms. The number of rotatable bonds is 7. The molecule has 0 saturated heterocycles. The molecule has 0 atom stereocenters. The number of esters is 1. The number of ketones is 1. The van der Waals surface area contributed by atoms with Crippen molar-refractivity contribution in [3.8, 4) is 5.75 Å². The third-order valence-electron chi connectivity index (χ3n) is 3.24. The first-order valence-corrected chi connectivity index (χ1v) is 9.50. The Hall–Kier alpha value is -2.03. The lowest BCUT2D eigenvalue weighted by Crippen LogP contribution is -2.33. The molecule has 0 amide bonds. The van der Waals surface area contributed by atoms with Crippen LogP contribution in [0.15, 0.2) is 46.0 Å². The van der Waals surface area contributed by atoms with Crippen molar-refractivity contribution in [2.75, 3.05) is 13.6 Å². The molecule has 24 heavy (non-hydrogen) atoms. The molecular formula is C16H17NO5S2. The Labute approximate surface area is 144 Å². The van der Waals surface area contributed by atoms with Gasteiger partial charge in [0.1, 0.15) is 16.5 Å². The summed E-state index contributed by atoms with van der Waals surface area (Å²) in [5.41, 5.74) is 0.537. The predicted octanol–water partition coefficient (Wildman–Crippen LogP) is 2.57. The number of nitrogens with zero attached hydrogens (tertiary/aromatic N) is 1. The van der Waals surface area contributed by atoms with Gasteiger partial charge in [-0.2, -0.15) is 4.31 Å². The van der Waals surface area contributed by atoms with Gasteiger partial charge in [-0.3, -0.25) is 9.59 Å². The minimum atomic E-state index is -3.70. The first kappa shape index (κ1) is 18.3. The van der Waals surface area contributed by atoms with Crippen LogP contribution in [0.25, 0.3) is 0 Å². The standard InChI is InChI=1S/C16H17NO5S2/c1-3-14(18)12-6-8-13(9-7-12)22-15(19)11-17(2)24(20,21)16-5-4-10-23-16/h4-10H,3,11H2,1-2H3. The number of Topliss-reactive ketones (excluding diaryl/α,β-unsaturated/α-hetero) is 1. The summed E-state index contributed by atoms with van der Waals surface area (Å²) in [4.78, 5) is 23.5. The average molecular weight is 367 g/mol. The van der Waals surface area contributed by atoms with Gasteiger partial charge in [-0.25, -0.2) is 8.42 Å². The van der Waals surface area contributed by atoms with Crippen LogP contribution >= 0.6 is 11.3 Å². The zero-order chi connectivity index (χ0) is 17.7. The molecule has 0 aliphatic heterocycles. The third kappa shape index (κ3) is 4.28. The van der Waals surface area contributed by atoms with E-state index in [1.165, 1.54) is 25.2 Å². The number of ether oxygens (including phenoxy) is 1. The molecule has 2 rings (SSSR count). The SMILES string of the molecule is CCC(=O)c1ccc(OC(=O)CN(C)S(=O)(=O)c2cccs2)cc1. The van der Waals surface area contributed by atoms with Gasteiger partial charge in [0.15, 0.2) is 5.78 Å². The molecule has 6 nitrogen and oxygen atoms in total. The number of hydrogen-bond acceptors (Lipinski definition) is 6. The van der Waals surface area contributed by atoms with E-state index in [0.29, 0.717) is 12.0 Å². The van der Waals surface area contributed by atoms with E-state index in [-0.39, 0.29) is 15.7 Å². The Morgan fingerprint density at radius 1 is 1.17 bits per heavy atom. The molecule has 1 aromatic carbocycles. The maximum atomic E-state index is 12.2. The molecule has 8 heteroatoms. The fourth-order valence-electron chi connectivity index (χ4n) is 1.91. The lowest BCUT2D eigenvalue weighted by molar-refractivity contribution is -0.134. The molecule has 0 N–H and O–H groups in total. The van der Waals surface area contributed by atoms with Crippen molar-refractivity contribution in [1.29, 1.82) is 0 Å². The van der Waals surface area contributed by atoms with E-state index >= 15 is 0 Å². The summed E-state index contributed by atoms with van der Waals surface area (Å²) < 4.78 is 30.7. The topological polar surface area (TPSA) is 80.8 Å². The molecule has 128 valence electrons. The summed E-state index contributed by atoms with van der Waals surface area (Å²) in [7, 11) is -2.38. The van der Waals surface area contributed by atoms with Gasteiger partial charge in [-0.05, 0) is 35.7 Å². The number of carbonyl (C=O) groups is 2. The van der Waals surface area contributed by atoms with E-state index in [1.54, 1.807) is 30.5 Å². The van der Waals surface area contributed by atoms with Crippen molar-refractivity contribution >= 4 is 33.1 Å². The minimum Gasteiger partial charge on any atom is -0.426 e. The van der Waals surface area contributed by atoms with Gasteiger partial charge in [-0.15, -0.1) is 11.3 Å². The number of likely N-dealkylation sites (N-methyl/N-ethyl adjacent to an activating group) is 1. The molecule has 0 unspecified atom stereocenters. The molecule has 1 aromatic heterocycles. The fraction of sp³-hybridized carbons (Fsp3) is 0.250. The van der Waals surface area contributed by atoms with Crippen LogP contribution in [-0.2, 0) is 14.8 Å². The van der Waals surface area contributed by atoms with Gasteiger partial charge in [-0.1, -0.05) is 13.0 Å². The van der Waals surface area contributed by atoms with Crippen LogP contribution < -0.4 is 4.74 Å². The Kier molecular flexibility index (Phi) is 5.87. The maximum Gasteiger partial charge on any atom is 0.326 e. The van der Waals surface area contributed by atoms with Crippen molar-refractivity contribution in [2.24, 2.45) is 0 Å². The molecule has 0 saturated carbocycles. The van der Waals surface area contributed by atoms with Gasteiger partial charge >= 0.3 is 5.97 Å². The zero-order valence-electron chi connectivity index (χ0n) is 13.3. The van der Waals surface area contributed by atoms with Gasteiger partial charge in [0.25, 0.3) is 10.0 Å². The summed E-state index contributed by atoms with van der Waals surface area (Å²) in [6.07, 6.45) is 0.393. The highest BCUT2D eigenvalue weighted by molar-refractivity contribution is 7.91. The van der Waals surface area contributed by atoms with E-state index in [4.69, 9.17) is 4.74 Å². The van der Waals surface area contributed by atoms with Gasteiger partial charge in [0.05, 0.1) is 0 Å². The number of hydrogen-bond donors (Lipinski definition) is 0. The molecule has 1 heterocycles. The molecule has 2 aromatic rings. The maximum absolute atomic E-state index is 12.2. The van der Waals surface area contributed by atoms with Crippen molar-refractivity contribution in [1.82, 2.24) is 4.31 Å². The largest absolute Gasteiger partial charge is 0.426 e. The average Bonchev–Trinajstić information content (AvgIpc) is 3.10. The summed E-state index contributed by atoms with van der Waals surface area (Å²) >= 11 is 1.08. The minimum absolute atomic E-state index is 0.00495. The van der Waals surface area contributed by atoms with Crippen molar-refractivity contribution < 1.29 is 22.7 Å². The molecule has 0 aliphatic rings. The van der Waals surface area contributed by atoms with Gasteiger partial charge in [0.2, 0.25) is 0 Å². The Balaban J connectivity index is 1.99. The molecule has 0 radical (unpaired) electrons. The molecular weight excluding hydrogens is 350 g/mol. The highest BCUT2D eigenvalue weighted by atomic mass is 32.2. The first-order valence-electron chi connectivity index (χ1n) is 7.18. The fourth-order valence-corrected chi connectivity index (χ4v) is 4.22. The number of sulfonamides is 1. The summed E-state index contributed by atoms with van der Waals surface area (Å²) in [6, 6.07) is 9.26. The molecule has 0 bridgehead atoms. The quantitative estimate of drug-likeness (QED) is 0.427. The molecule has 0 aliphatic carbocycles. The smallest absolute Gasteiger partial charge is 0.326 e. The zero-order valence-corrected chi connectivity index (χ0v) is 14.9. The second-order valence-electron chi connectivity index (χ2n) is 4.97. The van der Waals surface area contributed by atoms with E-state index < -0.39 is 22.5 Å². The highest BCUT2D eigenvalue weighted by Crippen LogP contribution is 2.20. The highest BCUT2D eigenvalue weighted by Gasteiger charge is 2.24. The second kappa shape index (κ2) is 7.69. The van der Waals surface area contributed by atoms with Gasteiger partial charge in [0, 0.05) is 19.0 Å². The van der Waals surface area contributed by atoms with E-state index in [9.17, 15) is 18.0 Å². The van der Waals surface area contributed by atoms with Crippen molar-refractivity contribution in [2.45, 2.75) is 17.6 Å². The van der Waals surface area contributed by atoms with Crippen LogP contribution in [0, 0.1) is 0 Å². The Morgan fingerprint density at radius 3 is 2.38 bits per heavy atom. The number of thiophene rings is 1. The Bertz CT molecular complexity index is 811. The van der Waals surface area contributed by atoms with Crippen LogP contribution in [0.1, 0.15) is 23.7 Å². The lowest BCUT2D eigenvalue weighted by Gasteiger charge is -2.15. The summed E-state index contributed by atoms with van der Waals surface area (Å²) in [5.74, 6) is -0.448. The predicted molar refractivity (Wildman–Crippen MR) is 90.8 cm³/mol. The lowest BCUT2D eigenvalue weighted by atomic mass is 10.1. The van der Waals surface area contributed by atoms with E-state index in [1.807, 2.05) is 0 Å². The van der Waals surface area contributed by atoms with Crippen LogP contribution in [0.4, 0.5) is 0 Å². The van der Waals surface area contributed by atoms with Crippen LogP contribution in [-0.4, -0.2) is 38.1 Å². The van der Waals surface area contributed by atoms with Crippen LogP contribution in [0.5, 0.6) is 5.75 Å². The molecule has 0 fully saturated rings. The van der Waals surface area contributed by atoms with E-state index in [0.717, 1.165) is 15.6 Å². The Morgan fingerprint density at radius 2 is 1.83 bits per heavy atom. The monoisotopic (exact) mass is 367 g/mol. The second-order valence-corrected chi connectivity index (χ2v) is 8.19. The van der Waals surface area contributed by atoms with Gasteiger partial charge < -0.3 is 4.74 Å². The number of benzene rings is 1. The van der Waals surface area contributed by atoms with E-state index in [2.05, 4.69) is 0 Å².